The first-order valence-electron chi connectivity index (χ1n) is 11.3. The lowest BCUT2D eigenvalue weighted by Crippen LogP contribution is -2.33. The third-order valence-electron chi connectivity index (χ3n) is 6.26. The van der Waals surface area contributed by atoms with Crippen LogP contribution in [0.25, 0.3) is 6.08 Å². The van der Waals surface area contributed by atoms with E-state index in [1.54, 1.807) is 7.11 Å². The van der Waals surface area contributed by atoms with E-state index >= 15 is 0 Å². The molecule has 0 saturated carbocycles. The molecule has 5 rings (SSSR count). The average Bonchev–Trinajstić information content (AvgIpc) is 3.18. The van der Waals surface area contributed by atoms with Crippen molar-refractivity contribution in [2.75, 3.05) is 20.4 Å². The molecule has 3 aromatic rings. The Morgan fingerprint density at radius 1 is 1.06 bits per heavy atom. The van der Waals surface area contributed by atoms with Crippen molar-refractivity contribution in [3.8, 4) is 17.2 Å². The molecule has 0 N–H and O–H groups in total. The maximum atomic E-state index is 13.0. The Labute approximate surface area is 194 Å². The number of methoxy groups -OCH3 is 1. The van der Waals surface area contributed by atoms with Gasteiger partial charge in [-0.25, -0.2) is 0 Å². The fourth-order valence-electron chi connectivity index (χ4n) is 4.34. The van der Waals surface area contributed by atoms with Crippen LogP contribution in [0.3, 0.4) is 0 Å². The Kier molecular flexibility index (Phi) is 5.88. The van der Waals surface area contributed by atoms with E-state index in [1.807, 2.05) is 48.5 Å². The Balaban J connectivity index is 1.34. The van der Waals surface area contributed by atoms with Crippen LogP contribution in [0.15, 0.2) is 66.4 Å². The molecule has 33 heavy (non-hydrogen) atoms. The lowest BCUT2D eigenvalue weighted by atomic mass is 10.0. The molecule has 0 spiro atoms. The maximum Gasteiger partial charge on any atom is 0.231 e. The van der Waals surface area contributed by atoms with E-state index in [-0.39, 0.29) is 5.78 Å². The molecule has 168 valence electrons. The third-order valence-corrected chi connectivity index (χ3v) is 6.26. The molecule has 2 aliphatic heterocycles. The fraction of sp³-hybridized carbons (Fsp3) is 0.250. The Morgan fingerprint density at radius 3 is 2.67 bits per heavy atom. The molecular formula is C28H27NO4. The summed E-state index contributed by atoms with van der Waals surface area (Å²) in [6, 6.07) is 19.9. The molecule has 0 atom stereocenters. The summed E-state index contributed by atoms with van der Waals surface area (Å²) in [5.41, 5.74) is 4.90. The van der Waals surface area contributed by atoms with E-state index in [0.29, 0.717) is 30.3 Å². The van der Waals surface area contributed by atoms with Gasteiger partial charge in [0, 0.05) is 13.1 Å². The van der Waals surface area contributed by atoms with Gasteiger partial charge in [0.05, 0.1) is 18.2 Å². The number of carbonyl (C=O) groups excluding carboxylic acids is 1. The normalized spacial score (nSPS) is 16.2. The molecule has 0 unspecified atom stereocenters. The smallest absolute Gasteiger partial charge is 0.231 e. The van der Waals surface area contributed by atoms with Crippen LogP contribution in [-0.2, 0) is 19.4 Å². The Bertz CT molecular complexity index is 1210. The van der Waals surface area contributed by atoms with Gasteiger partial charge in [0.25, 0.3) is 0 Å². The maximum absolute atomic E-state index is 13.0. The number of benzene rings is 3. The lowest BCUT2D eigenvalue weighted by Gasteiger charge is -2.29. The first-order valence-corrected chi connectivity index (χ1v) is 11.3. The molecule has 0 bridgehead atoms. The highest BCUT2D eigenvalue weighted by atomic mass is 16.5. The highest BCUT2D eigenvalue weighted by Gasteiger charge is 2.33. The third kappa shape index (κ3) is 4.24. The zero-order valence-electron chi connectivity index (χ0n) is 19.0. The highest BCUT2D eigenvalue weighted by Crippen LogP contribution is 2.42. The number of ketones is 1. The van der Waals surface area contributed by atoms with Gasteiger partial charge in [0.15, 0.2) is 5.76 Å². The summed E-state index contributed by atoms with van der Waals surface area (Å²) >= 11 is 0. The largest absolute Gasteiger partial charge is 0.496 e. The lowest BCUT2D eigenvalue weighted by molar-refractivity contribution is 0.0948. The fourth-order valence-corrected chi connectivity index (χ4v) is 4.34. The first-order chi connectivity index (χ1) is 16.2. The molecule has 5 heteroatoms. The summed E-state index contributed by atoms with van der Waals surface area (Å²) in [7, 11) is 1.69. The summed E-state index contributed by atoms with van der Waals surface area (Å²) in [6.45, 7) is 4.10. The second kappa shape index (κ2) is 9.12. The van der Waals surface area contributed by atoms with Gasteiger partial charge < -0.3 is 14.2 Å². The van der Waals surface area contributed by atoms with E-state index in [1.165, 1.54) is 5.56 Å². The molecule has 0 amide bonds. The summed E-state index contributed by atoms with van der Waals surface area (Å²) < 4.78 is 17.6. The van der Waals surface area contributed by atoms with Gasteiger partial charge >= 0.3 is 0 Å². The number of rotatable bonds is 6. The average molecular weight is 442 g/mol. The first kappa shape index (κ1) is 21.3. The van der Waals surface area contributed by atoms with Crippen molar-refractivity contribution < 1.29 is 19.0 Å². The number of hydrogen-bond acceptors (Lipinski definition) is 5. The van der Waals surface area contributed by atoms with Crippen LogP contribution in [0.2, 0.25) is 0 Å². The van der Waals surface area contributed by atoms with Gasteiger partial charge in [-0.1, -0.05) is 49.4 Å². The topological polar surface area (TPSA) is 48.0 Å². The number of aryl methyl sites for hydroxylation is 1. The van der Waals surface area contributed by atoms with Gasteiger partial charge in [0.1, 0.15) is 24.0 Å². The van der Waals surface area contributed by atoms with Crippen molar-refractivity contribution in [2.45, 2.75) is 26.3 Å². The highest BCUT2D eigenvalue weighted by molar-refractivity contribution is 6.15. The minimum atomic E-state index is -0.0847. The molecule has 3 aromatic carbocycles. The van der Waals surface area contributed by atoms with Crippen molar-refractivity contribution in [1.29, 1.82) is 0 Å². The minimum absolute atomic E-state index is 0.0847. The summed E-state index contributed by atoms with van der Waals surface area (Å²) in [5.74, 6) is 2.57. The molecule has 0 radical (unpaired) electrons. The van der Waals surface area contributed by atoms with Crippen LogP contribution in [0.4, 0.5) is 0 Å². The number of carbonyl (C=O) groups is 1. The summed E-state index contributed by atoms with van der Waals surface area (Å²) in [5, 5.41) is 0. The van der Waals surface area contributed by atoms with Crippen molar-refractivity contribution in [3.05, 3.63) is 94.2 Å². The number of para-hydroxylation sites is 1. The molecule has 0 aliphatic carbocycles. The molecule has 0 aromatic heterocycles. The Hall–Kier alpha value is -3.57. The van der Waals surface area contributed by atoms with Gasteiger partial charge in [-0.2, -0.15) is 0 Å². The number of fused-ring (bicyclic) bond motifs is 3. The van der Waals surface area contributed by atoms with Crippen LogP contribution in [0, 0.1) is 0 Å². The quantitative estimate of drug-likeness (QED) is 0.488. The minimum Gasteiger partial charge on any atom is -0.496 e. The number of ether oxygens (including phenoxy) is 3. The number of allylic oxidation sites excluding steroid dienone is 1. The van der Waals surface area contributed by atoms with E-state index < -0.39 is 0 Å². The van der Waals surface area contributed by atoms with Crippen LogP contribution < -0.4 is 14.2 Å². The predicted octanol–water partition coefficient (Wildman–Crippen LogP) is 5.27. The molecule has 0 saturated heterocycles. The Morgan fingerprint density at radius 2 is 1.88 bits per heavy atom. The molecule has 2 heterocycles. The molecule has 2 aliphatic rings. The summed E-state index contributed by atoms with van der Waals surface area (Å²) in [4.78, 5) is 15.2. The van der Waals surface area contributed by atoms with Crippen LogP contribution in [0.5, 0.6) is 17.2 Å². The van der Waals surface area contributed by atoms with Crippen LogP contribution in [0.1, 0.15) is 39.5 Å². The standard InChI is InChI=1S/C28H27NO4/c1-3-19-8-10-20(11-9-19)16-26-27(30)22-12-13-25-23(28(22)33-26)17-29(18-32-25)15-14-21-6-4-5-7-24(21)31-2/h4-13,16H,3,14-15,17-18H2,1-2H3/b26-16-. The van der Waals surface area contributed by atoms with E-state index in [2.05, 4.69) is 30.0 Å². The van der Waals surface area contributed by atoms with E-state index in [4.69, 9.17) is 14.2 Å². The van der Waals surface area contributed by atoms with Gasteiger partial charge in [-0.3, -0.25) is 9.69 Å². The number of hydrogen-bond donors (Lipinski definition) is 0. The SMILES string of the molecule is CCc1ccc(/C=C2\Oc3c(ccc4c3CN(CCc3ccccc3OC)CO4)C2=O)cc1. The monoisotopic (exact) mass is 441 g/mol. The molecule has 5 nitrogen and oxygen atoms in total. The van der Waals surface area contributed by atoms with Crippen molar-refractivity contribution in [2.24, 2.45) is 0 Å². The number of Topliss-reactive ketones (excluding diaryl/α,β-unsaturated/α-hetero) is 1. The predicted molar refractivity (Wildman–Crippen MR) is 128 cm³/mol. The van der Waals surface area contributed by atoms with Crippen molar-refractivity contribution in [3.63, 3.8) is 0 Å². The van der Waals surface area contributed by atoms with Gasteiger partial charge in [-0.15, -0.1) is 0 Å². The second-order valence-electron chi connectivity index (χ2n) is 8.34. The zero-order valence-corrected chi connectivity index (χ0v) is 19.0. The summed E-state index contributed by atoms with van der Waals surface area (Å²) in [6.07, 6.45) is 3.64. The van der Waals surface area contributed by atoms with Crippen molar-refractivity contribution in [1.82, 2.24) is 4.90 Å². The van der Waals surface area contributed by atoms with E-state index in [0.717, 1.165) is 47.6 Å². The van der Waals surface area contributed by atoms with Gasteiger partial charge in [-0.05, 0) is 53.8 Å². The van der Waals surface area contributed by atoms with Crippen molar-refractivity contribution >= 4 is 11.9 Å². The van der Waals surface area contributed by atoms with Gasteiger partial charge in [0.2, 0.25) is 5.78 Å². The number of nitrogens with zero attached hydrogens (tertiary/aromatic N) is 1. The molecule has 0 fully saturated rings. The van der Waals surface area contributed by atoms with Crippen LogP contribution >= 0.6 is 0 Å². The zero-order chi connectivity index (χ0) is 22.8. The van der Waals surface area contributed by atoms with E-state index in [9.17, 15) is 4.79 Å². The van der Waals surface area contributed by atoms with Crippen LogP contribution in [-0.4, -0.2) is 31.1 Å². The second-order valence-corrected chi connectivity index (χ2v) is 8.34. The molecular weight excluding hydrogens is 414 g/mol.